The summed E-state index contributed by atoms with van der Waals surface area (Å²) in [5.74, 6) is 0.485. The van der Waals surface area contributed by atoms with E-state index in [2.05, 4.69) is 34.1 Å². The lowest BCUT2D eigenvalue weighted by atomic mass is 10.0. The number of carbonyl (C=O) groups excluding carboxylic acids is 1. The maximum atomic E-state index is 12.5. The van der Waals surface area contributed by atoms with Crippen molar-refractivity contribution in [3.05, 3.63) is 78.6 Å². The molecule has 2 aromatic heterocycles. The number of nitrogens with one attached hydrogen (secondary N) is 1. The Kier molecular flexibility index (Phi) is 6.24. The number of benzene rings is 2. The Hall–Kier alpha value is -3.75. The minimum absolute atomic E-state index is 0.415. The van der Waals surface area contributed by atoms with Crippen LogP contribution in [0.4, 0.5) is 5.82 Å². The highest BCUT2D eigenvalue weighted by atomic mass is 16.5. The summed E-state index contributed by atoms with van der Waals surface area (Å²) in [6.45, 7) is 4.02. The number of amides is 1. The van der Waals surface area contributed by atoms with Crippen LogP contribution in [-0.2, 0) is 11.2 Å². The number of hydrogen-bond donors (Lipinski definition) is 2. The van der Waals surface area contributed by atoms with Crippen LogP contribution in [0, 0.1) is 0 Å². The Morgan fingerprint density at radius 2 is 1.82 bits per heavy atom. The van der Waals surface area contributed by atoms with Gasteiger partial charge in [0.05, 0.1) is 5.52 Å². The zero-order valence-corrected chi connectivity index (χ0v) is 19.1. The number of fused-ring (bicyclic) bond motifs is 1. The maximum absolute atomic E-state index is 12.5. The van der Waals surface area contributed by atoms with Crippen LogP contribution >= 0.6 is 0 Å². The van der Waals surface area contributed by atoms with E-state index in [1.807, 2.05) is 60.9 Å². The molecular formula is C26H28N6O2. The zero-order chi connectivity index (χ0) is 23.5. The SMILES string of the molecule is CN1CCN(c2ccc(-c3cccc4nn(C(Cc5ccccc5)C(=O)NO)cc34)cn2)CC1. The zero-order valence-electron chi connectivity index (χ0n) is 19.1. The Morgan fingerprint density at radius 3 is 2.53 bits per heavy atom. The molecule has 1 unspecified atom stereocenters. The number of hydroxylamine groups is 1. The summed E-state index contributed by atoms with van der Waals surface area (Å²) in [6.07, 6.45) is 4.20. The summed E-state index contributed by atoms with van der Waals surface area (Å²) in [6, 6.07) is 19.1. The molecule has 1 amide bonds. The van der Waals surface area contributed by atoms with Crippen LogP contribution < -0.4 is 10.4 Å². The summed E-state index contributed by atoms with van der Waals surface area (Å²) in [4.78, 5) is 21.9. The fourth-order valence-electron chi connectivity index (χ4n) is 4.46. The average Bonchev–Trinajstić information content (AvgIpc) is 3.32. The molecule has 0 saturated carbocycles. The van der Waals surface area contributed by atoms with Crippen molar-refractivity contribution >= 4 is 22.6 Å². The summed E-state index contributed by atoms with van der Waals surface area (Å²) in [7, 11) is 2.14. The number of anilines is 1. The van der Waals surface area contributed by atoms with E-state index >= 15 is 0 Å². The van der Waals surface area contributed by atoms with Crippen molar-refractivity contribution in [2.75, 3.05) is 38.1 Å². The van der Waals surface area contributed by atoms with Gasteiger partial charge in [-0.3, -0.25) is 14.7 Å². The Labute approximate surface area is 198 Å². The molecule has 8 heteroatoms. The van der Waals surface area contributed by atoms with Crippen LogP contribution in [0.25, 0.3) is 22.0 Å². The highest BCUT2D eigenvalue weighted by Gasteiger charge is 2.23. The molecule has 8 nitrogen and oxygen atoms in total. The molecule has 1 saturated heterocycles. The van der Waals surface area contributed by atoms with Crippen LogP contribution in [0.2, 0.25) is 0 Å². The quantitative estimate of drug-likeness (QED) is 0.342. The van der Waals surface area contributed by atoms with Gasteiger partial charge in [-0.15, -0.1) is 0 Å². The molecule has 2 N–H and O–H groups in total. The molecule has 1 aliphatic heterocycles. The molecule has 1 aliphatic rings. The van der Waals surface area contributed by atoms with Gasteiger partial charge in [-0.2, -0.15) is 5.10 Å². The third-order valence-corrected chi connectivity index (χ3v) is 6.46. The van der Waals surface area contributed by atoms with Crippen LogP contribution in [0.5, 0.6) is 0 Å². The number of likely N-dealkylation sites (N-methyl/N-ethyl adjacent to an activating group) is 1. The van der Waals surface area contributed by atoms with E-state index < -0.39 is 11.9 Å². The van der Waals surface area contributed by atoms with Gasteiger partial charge in [0.2, 0.25) is 0 Å². The maximum Gasteiger partial charge on any atom is 0.268 e. The lowest BCUT2D eigenvalue weighted by Crippen LogP contribution is -2.44. The number of aromatic nitrogens is 3. The molecule has 0 spiro atoms. The molecule has 1 atom stereocenters. The first-order valence-corrected chi connectivity index (χ1v) is 11.5. The molecule has 174 valence electrons. The third kappa shape index (κ3) is 4.50. The Bertz CT molecular complexity index is 1260. The molecular weight excluding hydrogens is 428 g/mol. The highest BCUT2D eigenvalue weighted by Crippen LogP contribution is 2.30. The summed E-state index contributed by atoms with van der Waals surface area (Å²) in [5, 5.41) is 14.9. The van der Waals surface area contributed by atoms with E-state index in [-0.39, 0.29) is 0 Å². The molecule has 5 rings (SSSR count). The first-order valence-electron chi connectivity index (χ1n) is 11.5. The second-order valence-electron chi connectivity index (χ2n) is 8.72. The first-order chi connectivity index (χ1) is 16.6. The van der Waals surface area contributed by atoms with Gasteiger partial charge < -0.3 is 9.80 Å². The van der Waals surface area contributed by atoms with Gasteiger partial charge in [0, 0.05) is 55.9 Å². The lowest BCUT2D eigenvalue weighted by molar-refractivity contribution is -0.132. The second kappa shape index (κ2) is 9.62. The fraction of sp³-hybridized carbons (Fsp3) is 0.269. The minimum Gasteiger partial charge on any atom is -0.354 e. The predicted molar refractivity (Wildman–Crippen MR) is 132 cm³/mol. The number of hydrogen-bond acceptors (Lipinski definition) is 6. The van der Waals surface area contributed by atoms with Crippen molar-refractivity contribution in [3.63, 3.8) is 0 Å². The standard InChI is InChI=1S/C26H28N6O2/c1-30-12-14-31(15-13-30)25-11-10-20(17-27-25)21-8-5-9-23-22(21)18-32(28-23)24(26(33)29-34)16-19-6-3-2-4-7-19/h2-11,17-18,24,34H,12-16H2,1H3,(H,29,33). The molecule has 1 fully saturated rings. The van der Waals surface area contributed by atoms with Gasteiger partial charge in [0.1, 0.15) is 11.9 Å². The van der Waals surface area contributed by atoms with Crippen molar-refractivity contribution in [2.45, 2.75) is 12.5 Å². The molecule has 2 aromatic carbocycles. The number of piperazine rings is 1. The average molecular weight is 457 g/mol. The molecule has 0 bridgehead atoms. The predicted octanol–water partition coefficient (Wildman–Crippen LogP) is 3.14. The van der Waals surface area contributed by atoms with Crippen LogP contribution in [0.1, 0.15) is 11.6 Å². The lowest BCUT2D eigenvalue weighted by Gasteiger charge is -2.33. The van der Waals surface area contributed by atoms with E-state index in [1.54, 1.807) is 10.2 Å². The van der Waals surface area contributed by atoms with Gasteiger partial charge >= 0.3 is 0 Å². The Morgan fingerprint density at radius 1 is 1.03 bits per heavy atom. The normalized spacial score (nSPS) is 15.4. The van der Waals surface area contributed by atoms with Crippen molar-refractivity contribution in [2.24, 2.45) is 0 Å². The summed E-state index contributed by atoms with van der Waals surface area (Å²) < 4.78 is 1.64. The van der Waals surface area contributed by atoms with Gasteiger partial charge in [-0.05, 0) is 36.4 Å². The number of carbonyl (C=O) groups is 1. The molecule has 0 aliphatic carbocycles. The monoisotopic (exact) mass is 456 g/mol. The van der Waals surface area contributed by atoms with Gasteiger partial charge in [0.15, 0.2) is 0 Å². The molecule has 34 heavy (non-hydrogen) atoms. The summed E-state index contributed by atoms with van der Waals surface area (Å²) in [5.41, 5.74) is 5.56. The molecule has 3 heterocycles. The van der Waals surface area contributed by atoms with Gasteiger partial charge in [0.25, 0.3) is 5.91 Å². The van der Waals surface area contributed by atoms with Crippen molar-refractivity contribution in [1.29, 1.82) is 0 Å². The third-order valence-electron chi connectivity index (χ3n) is 6.46. The van der Waals surface area contributed by atoms with E-state index in [4.69, 9.17) is 4.98 Å². The van der Waals surface area contributed by atoms with E-state index in [9.17, 15) is 10.0 Å². The van der Waals surface area contributed by atoms with Crippen molar-refractivity contribution < 1.29 is 10.0 Å². The van der Waals surface area contributed by atoms with Crippen LogP contribution in [-0.4, -0.2) is 64.0 Å². The second-order valence-corrected chi connectivity index (χ2v) is 8.72. The largest absolute Gasteiger partial charge is 0.354 e. The van der Waals surface area contributed by atoms with Crippen molar-refractivity contribution in [1.82, 2.24) is 25.1 Å². The smallest absolute Gasteiger partial charge is 0.268 e. The van der Waals surface area contributed by atoms with E-state index in [1.165, 1.54) is 0 Å². The minimum atomic E-state index is -0.676. The fourth-order valence-corrected chi connectivity index (χ4v) is 4.46. The van der Waals surface area contributed by atoms with Crippen molar-refractivity contribution in [3.8, 4) is 11.1 Å². The van der Waals surface area contributed by atoms with E-state index in [0.717, 1.165) is 59.6 Å². The molecule has 0 radical (unpaired) electrons. The van der Waals surface area contributed by atoms with Gasteiger partial charge in [-0.1, -0.05) is 42.5 Å². The van der Waals surface area contributed by atoms with Crippen LogP contribution in [0.15, 0.2) is 73.1 Å². The number of pyridine rings is 1. The highest BCUT2D eigenvalue weighted by molar-refractivity contribution is 5.94. The van der Waals surface area contributed by atoms with E-state index in [0.29, 0.717) is 6.42 Å². The Balaban J connectivity index is 1.45. The van der Waals surface area contributed by atoms with Gasteiger partial charge in [-0.25, -0.2) is 10.5 Å². The topological polar surface area (TPSA) is 86.5 Å². The molecule has 4 aromatic rings. The van der Waals surface area contributed by atoms with Crippen LogP contribution in [0.3, 0.4) is 0 Å². The first kappa shape index (κ1) is 22.1. The number of nitrogens with zero attached hydrogens (tertiary/aromatic N) is 5. The summed E-state index contributed by atoms with van der Waals surface area (Å²) >= 11 is 0. The number of rotatable bonds is 6.